The number of nitrogens with one attached hydrogen (secondary N) is 1. The van der Waals surface area contributed by atoms with E-state index in [1.807, 2.05) is 30.3 Å². The van der Waals surface area contributed by atoms with Crippen LogP contribution >= 0.6 is 0 Å². The summed E-state index contributed by atoms with van der Waals surface area (Å²) in [6.07, 6.45) is 0.811. The summed E-state index contributed by atoms with van der Waals surface area (Å²) in [5.41, 5.74) is 8.95. The number of hydrogen-bond donors (Lipinski definition) is 2. The summed E-state index contributed by atoms with van der Waals surface area (Å²) >= 11 is 0. The number of aryl methyl sites for hydroxylation is 1. The maximum Gasteiger partial charge on any atom is 0.223 e. The van der Waals surface area contributed by atoms with Crippen molar-refractivity contribution in [1.82, 2.24) is 5.32 Å². The van der Waals surface area contributed by atoms with Gasteiger partial charge in [0.1, 0.15) is 12.4 Å². The van der Waals surface area contributed by atoms with Crippen molar-refractivity contribution in [2.75, 3.05) is 6.54 Å². The normalized spacial score (nSPS) is 19.9. The lowest BCUT2D eigenvalue weighted by Gasteiger charge is -2.36. The first kappa shape index (κ1) is 15.6. The van der Waals surface area contributed by atoms with Crippen molar-refractivity contribution in [3.63, 3.8) is 0 Å². The topological polar surface area (TPSA) is 64.3 Å². The number of primary amides is 1. The summed E-state index contributed by atoms with van der Waals surface area (Å²) < 4.78 is 5.82. The zero-order valence-electron chi connectivity index (χ0n) is 13.3. The van der Waals surface area contributed by atoms with Crippen molar-refractivity contribution in [2.24, 2.45) is 11.7 Å². The van der Waals surface area contributed by atoms with Crippen LogP contribution < -0.4 is 15.8 Å². The Morgan fingerprint density at radius 2 is 2.00 bits per heavy atom. The fraction of sp³-hybridized carbons (Fsp3) is 0.316. The Labute approximate surface area is 136 Å². The minimum atomic E-state index is -0.216. The fourth-order valence-corrected chi connectivity index (χ4v) is 2.86. The first-order chi connectivity index (χ1) is 11.1. The van der Waals surface area contributed by atoms with Gasteiger partial charge in [-0.3, -0.25) is 4.79 Å². The minimum Gasteiger partial charge on any atom is -0.489 e. The first-order valence-electron chi connectivity index (χ1n) is 7.92. The molecule has 2 atom stereocenters. The van der Waals surface area contributed by atoms with Gasteiger partial charge in [-0.15, -0.1) is 0 Å². The Morgan fingerprint density at radius 1 is 1.22 bits per heavy atom. The van der Waals surface area contributed by atoms with Crippen molar-refractivity contribution < 1.29 is 9.53 Å². The highest BCUT2D eigenvalue weighted by molar-refractivity contribution is 5.78. The SMILES string of the molecule is Cc1cccc(COc2ccc(CC3NCC3C(N)=O)cc2)c1. The Balaban J connectivity index is 1.54. The van der Waals surface area contributed by atoms with Crippen molar-refractivity contribution in [2.45, 2.75) is 26.0 Å². The summed E-state index contributed by atoms with van der Waals surface area (Å²) in [5, 5.41) is 3.26. The second-order valence-corrected chi connectivity index (χ2v) is 6.15. The summed E-state index contributed by atoms with van der Waals surface area (Å²) in [6, 6.07) is 16.5. The molecule has 3 N–H and O–H groups in total. The van der Waals surface area contributed by atoms with Gasteiger partial charge in [-0.05, 0) is 36.6 Å². The van der Waals surface area contributed by atoms with Gasteiger partial charge >= 0.3 is 0 Å². The molecular formula is C19H22N2O2. The first-order valence-corrected chi connectivity index (χ1v) is 7.92. The highest BCUT2D eigenvalue weighted by Gasteiger charge is 2.34. The third kappa shape index (κ3) is 3.90. The number of benzene rings is 2. The van der Waals surface area contributed by atoms with E-state index in [0.29, 0.717) is 13.2 Å². The summed E-state index contributed by atoms with van der Waals surface area (Å²) in [7, 11) is 0. The van der Waals surface area contributed by atoms with Gasteiger partial charge in [0.05, 0.1) is 5.92 Å². The molecule has 1 heterocycles. The maximum absolute atomic E-state index is 11.2. The monoisotopic (exact) mass is 310 g/mol. The standard InChI is InChI=1S/C19H22N2O2/c1-13-3-2-4-15(9-13)12-23-16-7-5-14(6-8-16)10-18-17(11-21-18)19(20)22/h2-9,17-18,21H,10-12H2,1H3,(H2,20,22). The van der Waals surface area contributed by atoms with Crippen LogP contribution in [-0.4, -0.2) is 18.5 Å². The fourth-order valence-electron chi connectivity index (χ4n) is 2.86. The number of carbonyl (C=O) groups is 1. The van der Waals surface area contributed by atoms with E-state index in [9.17, 15) is 4.79 Å². The molecule has 1 saturated heterocycles. The van der Waals surface area contributed by atoms with Crippen LogP contribution in [0.5, 0.6) is 5.75 Å². The van der Waals surface area contributed by atoms with E-state index < -0.39 is 0 Å². The molecule has 0 aliphatic carbocycles. The van der Waals surface area contributed by atoms with Gasteiger partial charge in [0.2, 0.25) is 5.91 Å². The van der Waals surface area contributed by atoms with Crippen LogP contribution in [0.2, 0.25) is 0 Å². The van der Waals surface area contributed by atoms with E-state index in [2.05, 4.69) is 30.4 Å². The van der Waals surface area contributed by atoms with Crippen LogP contribution in [-0.2, 0) is 17.8 Å². The molecule has 4 heteroatoms. The average molecular weight is 310 g/mol. The third-order valence-corrected chi connectivity index (χ3v) is 4.32. The third-order valence-electron chi connectivity index (χ3n) is 4.32. The van der Waals surface area contributed by atoms with E-state index >= 15 is 0 Å². The molecule has 1 aliphatic heterocycles. The van der Waals surface area contributed by atoms with Crippen LogP contribution in [0, 0.1) is 12.8 Å². The highest BCUT2D eigenvalue weighted by Crippen LogP contribution is 2.20. The molecule has 0 spiro atoms. The van der Waals surface area contributed by atoms with E-state index in [-0.39, 0.29) is 17.9 Å². The molecule has 4 nitrogen and oxygen atoms in total. The zero-order chi connectivity index (χ0) is 16.2. The average Bonchev–Trinajstić information content (AvgIpc) is 2.50. The summed E-state index contributed by atoms with van der Waals surface area (Å²) in [4.78, 5) is 11.2. The van der Waals surface area contributed by atoms with Crippen LogP contribution in [0.25, 0.3) is 0 Å². The van der Waals surface area contributed by atoms with Gasteiger partial charge in [-0.2, -0.15) is 0 Å². The van der Waals surface area contributed by atoms with E-state index in [0.717, 1.165) is 17.7 Å². The number of rotatable bonds is 6. The van der Waals surface area contributed by atoms with Crippen LogP contribution in [0.15, 0.2) is 48.5 Å². The molecule has 1 aliphatic rings. The number of ether oxygens (including phenoxy) is 1. The van der Waals surface area contributed by atoms with Crippen molar-refractivity contribution in [1.29, 1.82) is 0 Å². The Morgan fingerprint density at radius 3 is 2.61 bits per heavy atom. The molecular weight excluding hydrogens is 288 g/mol. The van der Waals surface area contributed by atoms with Crippen molar-refractivity contribution in [3.05, 3.63) is 65.2 Å². The molecule has 2 unspecified atom stereocenters. The second kappa shape index (κ2) is 6.84. The lowest BCUT2D eigenvalue weighted by atomic mass is 9.86. The maximum atomic E-state index is 11.2. The highest BCUT2D eigenvalue weighted by atomic mass is 16.5. The van der Waals surface area contributed by atoms with E-state index in [1.54, 1.807) is 0 Å². The smallest absolute Gasteiger partial charge is 0.223 e. The lowest BCUT2D eigenvalue weighted by molar-refractivity contribution is -0.124. The van der Waals surface area contributed by atoms with Gasteiger partial charge in [0.15, 0.2) is 0 Å². The van der Waals surface area contributed by atoms with Gasteiger partial charge in [-0.25, -0.2) is 0 Å². The summed E-state index contributed by atoms with van der Waals surface area (Å²) in [5.74, 6) is 0.586. The Bertz CT molecular complexity index is 682. The summed E-state index contributed by atoms with van der Waals surface area (Å²) in [6.45, 7) is 3.33. The number of carbonyl (C=O) groups excluding carboxylic acids is 1. The van der Waals surface area contributed by atoms with Gasteiger partial charge in [0, 0.05) is 12.6 Å². The molecule has 23 heavy (non-hydrogen) atoms. The molecule has 0 radical (unpaired) electrons. The predicted octanol–water partition coefficient (Wildman–Crippen LogP) is 2.19. The van der Waals surface area contributed by atoms with Crippen molar-refractivity contribution >= 4 is 5.91 Å². The molecule has 0 bridgehead atoms. The second-order valence-electron chi connectivity index (χ2n) is 6.15. The van der Waals surface area contributed by atoms with Crippen LogP contribution in [0.3, 0.4) is 0 Å². The molecule has 2 aromatic carbocycles. The Hall–Kier alpha value is -2.33. The number of hydrogen-bond acceptors (Lipinski definition) is 3. The molecule has 0 saturated carbocycles. The van der Waals surface area contributed by atoms with Crippen molar-refractivity contribution in [3.8, 4) is 5.75 Å². The quantitative estimate of drug-likeness (QED) is 0.859. The molecule has 1 fully saturated rings. The molecule has 120 valence electrons. The van der Waals surface area contributed by atoms with E-state index in [4.69, 9.17) is 10.5 Å². The number of nitrogens with two attached hydrogens (primary N) is 1. The van der Waals surface area contributed by atoms with Gasteiger partial charge in [-0.1, -0.05) is 42.0 Å². The van der Waals surface area contributed by atoms with Crippen LogP contribution in [0.1, 0.15) is 16.7 Å². The zero-order valence-corrected chi connectivity index (χ0v) is 13.3. The molecule has 3 rings (SSSR count). The predicted molar refractivity (Wildman–Crippen MR) is 90.1 cm³/mol. The number of amides is 1. The molecule has 0 aromatic heterocycles. The van der Waals surface area contributed by atoms with Crippen LogP contribution in [0.4, 0.5) is 0 Å². The largest absolute Gasteiger partial charge is 0.489 e. The van der Waals surface area contributed by atoms with Gasteiger partial charge in [0.25, 0.3) is 0 Å². The minimum absolute atomic E-state index is 0.0488. The molecule has 2 aromatic rings. The van der Waals surface area contributed by atoms with Gasteiger partial charge < -0.3 is 15.8 Å². The van der Waals surface area contributed by atoms with E-state index in [1.165, 1.54) is 11.1 Å². The molecule has 1 amide bonds. The Kier molecular flexibility index (Phi) is 4.63. The lowest BCUT2D eigenvalue weighted by Crippen LogP contribution is -2.59.